The van der Waals surface area contributed by atoms with Gasteiger partial charge in [-0.3, -0.25) is 9.59 Å². The quantitative estimate of drug-likeness (QED) is 0.338. The predicted octanol–water partition coefficient (Wildman–Crippen LogP) is 7.47. The van der Waals surface area contributed by atoms with Crippen LogP contribution in [-0.2, 0) is 14.3 Å². The number of rotatable bonds is 9. The number of ketones is 2. The molecule has 3 fully saturated rings. The van der Waals surface area contributed by atoms with E-state index < -0.39 is 0 Å². The molecule has 0 radical (unpaired) electrons. The summed E-state index contributed by atoms with van der Waals surface area (Å²) in [6.07, 6.45) is 17.2. The predicted molar refractivity (Wildman–Crippen MR) is 134 cm³/mol. The van der Waals surface area contributed by atoms with Gasteiger partial charge in [0.2, 0.25) is 0 Å². The Balaban J connectivity index is 1.57. The molecular weight excluding hydrogens is 408 g/mol. The number of Topliss-reactive ketones (excluding diaryl/α,β-unsaturated/α-hetero) is 1. The Morgan fingerprint density at radius 3 is 2.58 bits per heavy atom. The van der Waals surface area contributed by atoms with Crippen molar-refractivity contribution < 1.29 is 14.3 Å². The van der Waals surface area contributed by atoms with Crippen LogP contribution in [0.2, 0.25) is 0 Å². The molecule has 186 valence electrons. The van der Waals surface area contributed by atoms with Gasteiger partial charge >= 0.3 is 0 Å². The lowest BCUT2D eigenvalue weighted by Crippen LogP contribution is -2.56. The molecule has 0 aromatic heterocycles. The van der Waals surface area contributed by atoms with Crippen LogP contribution in [0.3, 0.4) is 0 Å². The Kier molecular flexibility index (Phi) is 7.59. The molecule has 0 aromatic rings. The molecule has 0 N–H and O–H groups in total. The summed E-state index contributed by atoms with van der Waals surface area (Å²) in [4.78, 5) is 24.9. The molecule has 33 heavy (non-hydrogen) atoms. The molecule has 0 heterocycles. The second-order valence-electron chi connectivity index (χ2n) is 12.5. The molecule has 0 saturated heterocycles. The summed E-state index contributed by atoms with van der Waals surface area (Å²) in [5.74, 6) is 2.59. The molecule has 4 aliphatic rings. The van der Waals surface area contributed by atoms with Crippen LogP contribution in [-0.4, -0.2) is 23.8 Å². The van der Waals surface area contributed by atoms with Gasteiger partial charge in [0.15, 0.2) is 5.78 Å². The van der Waals surface area contributed by atoms with E-state index >= 15 is 0 Å². The van der Waals surface area contributed by atoms with E-state index in [-0.39, 0.29) is 29.0 Å². The Bertz CT molecular complexity index is 769. The molecule has 3 nitrogen and oxygen atoms in total. The van der Waals surface area contributed by atoms with Crippen molar-refractivity contribution in [2.45, 2.75) is 130 Å². The lowest BCUT2D eigenvalue weighted by atomic mass is 9.46. The Labute approximate surface area is 202 Å². The summed E-state index contributed by atoms with van der Waals surface area (Å²) in [5.41, 5.74) is 1.63. The third-order valence-electron chi connectivity index (χ3n) is 10.6. The minimum absolute atomic E-state index is 0.125. The Morgan fingerprint density at radius 1 is 1.09 bits per heavy atom. The van der Waals surface area contributed by atoms with Crippen molar-refractivity contribution in [3.8, 4) is 0 Å². The standard InChI is InChI=1S/C30H48O3/c1-6-7-8-9-10-11-20(2)33-27-19-22-18-23(32)14-16-29(22,4)26-15-17-30(5)24(21(3)31)12-13-25(30)28(26)27/h18,20,24-28H,6-17,19H2,1-5H3. The van der Waals surface area contributed by atoms with Gasteiger partial charge in [0.05, 0.1) is 12.2 Å². The summed E-state index contributed by atoms with van der Waals surface area (Å²) in [7, 11) is 0. The van der Waals surface area contributed by atoms with E-state index in [1.54, 1.807) is 0 Å². The molecule has 0 aliphatic heterocycles. The average molecular weight is 457 g/mol. The molecule has 3 heteroatoms. The molecular formula is C30H48O3. The molecule has 0 aromatic carbocycles. The van der Waals surface area contributed by atoms with Crippen LogP contribution in [0.5, 0.6) is 0 Å². The number of carbonyl (C=O) groups is 2. The lowest BCUT2D eigenvalue weighted by Gasteiger charge is -2.60. The Morgan fingerprint density at radius 2 is 1.85 bits per heavy atom. The van der Waals surface area contributed by atoms with Gasteiger partial charge in [0, 0.05) is 12.3 Å². The van der Waals surface area contributed by atoms with Crippen LogP contribution < -0.4 is 0 Å². The van der Waals surface area contributed by atoms with Gasteiger partial charge < -0.3 is 4.74 Å². The monoisotopic (exact) mass is 456 g/mol. The summed E-state index contributed by atoms with van der Waals surface area (Å²) in [6, 6.07) is 0. The van der Waals surface area contributed by atoms with Crippen molar-refractivity contribution in [1.82, 2.24) is 0 Å². The highest BCUT2D eigenvalue weighted by Crippen LogP contribution is 2.67. The van der Waals surface area contributed by atoms with Crippen LogP contribution in [0.25, 0.3) is 0 Å². The number of hydrogen-bond acceptors (Lipinski definition) is 3. The molecule has 0 amide bonds. The topological polar surface area (TPSA) is 43.4 Å². The van der Waals surface area contributed by atoms with Crippen molar-refractivity contribution in [1.29, 1.82) is 0 Å². The molecule has 0 spiro atoms. The van der Waals surface area contributed by atoms with Crippen LogP contribution in [0, 0.1) is 34.5 Å². The second-order valence-corrected chi connectivity index (χ2v) is 12.5. The average Bonchev–Trinajstić information content (AvgIpc) is 3.12. The molecule has 3 saturated carbocycles. The second kappa shape index (κ2) is 9.96. The SMILES string of the molecule is CCCCCCCC(C)OC1CC2=CC(=O)CCC2(C)C2CCC3(C)C(C(C)=O)CCC3C12. The van der Waals surface area contributed by atoms with Gasteiger partial charge in [0.1, 0.15) is 5.78 Å². The third kappa shape index (κ3) is 4.65. The van der Waals surface area contributed by atoms with Crippen molar-refractivity contribution >= 4 is 11.6 Å². The molecule has 8 atom stereocenters. The van der Waals surface area contributed by atoms with Crippen LogP contribution in [0.15, 0.2) is 11.6 Å². The first-order chi connectivity index (χ1) is 15.7. The normalized spacial score (nSPS) is 41.1. The zero-order valence-corrected chi connectivity index (χ0v) is 22.0. The smallest absolute Gasteiger partial charge is 0.155 e. The van der Waals surface area contributed by atoms with Gasteiger partial charge in [-0.05, 0) is 93.5 Å². The van der Waals surface area contributed by atoms with Gasteiger partial charge in [-0.2, -0.15) is 0 Å². The van der Waals surface area contributed by atoms with E-state index in [2.05, 4.69) is 27.7 Å². The van der Waals surface area contributed by atoms with Gasteiger partial charge in [-0.1, -0.05) is 58.4 Å². The third-order valence-corrected chi connectivity index (χ3v) is 10.6. The van der Waals surface area contributed by atoms with E-state index in [0.29, 0.717) is 35.7 Å². The van der Waals surface area contributed by atoms with E-state index in [9.17, 15) is 9.59 Å². The maximum absolute atomic E-state index is 12.6. The number of fused-ring (bicyclic) bond motifs is 5. The summed E-state index contributed by atoms with van der Waals surface area (Å²) in [6.45, 7) is 11.2. The minimum Gasteiger partial charge on any atom is -0.375 e. The highest BCUT2D eigenvalue weighted by Gasteiger charge is 2.62. The maximum atomic E-state index is 12.6. The van der Waals surface area contributed by atoms with Crippen molar-refractivity contribution in [3.63, 3.8) is 0 Å². The van der Waals surface area contributed by atoms with E-state index in [1.807, 2.05) is 13.0 Å². The van der Waals surface area contributed by atoms with Gasteiger partial charge in [0.25, 0.3) is 0 Å². The largest absolute Gasteiger partial charge is 0.375 e. The van der Waals surface area contributed by atoms with Crippen LogP contribution in [0.4, 0.5) is 0 Å². The zero-order chi connectivity index (χ0) is 23.8. The maximum Gasteiger partial charge on any atom is 0.155 e. The molecule has 4 aliphatic carbocycles. The van der Waals surface area contributed by atoms with Crippen LogP contribution in [0.1, 0.15) is 118 Å². The van der Waals surface area contributed by atoms with E-state index in [4.69, 9.17) is 4.74 Å². The van der Waals surface area contributed by atoms with Crippen molar-refractivity contribution in [2.24, 2.45) is 34.5 Å². The van der Waals surface area contributed by atoms with Gasteiger partial charge in [-0.25, -0.2) is 0 Å². The minimum atomic E-state index is 0.125. The van der Waals surface area contributed by atoms with E-state index in [0.717, 1.165) is 32.1 Å². The fourth-order valence-corrected chi connectivity index (χ4v) is 8.71. The number of carbonyl (C=O) groups excluding carboxylic acids is 2. The highest BCUT2D eigenvalue weighted by molar-refractivity contribution is 5.91. The fourth-order valence-electron chi connectivity index (χ4n) is 8.71. The molecule has 4 rings (SSSR count). The number of hydrogen-bond donors (Lipinski definition) is 0. The first-order valence-electron chi connectivity index (χ1n) is 14.1. The zero-order valence-electron chi connectivity index (χ0n) is 22.0. The molecule has 0 bridgehead atoms. The summed E-state index contributed by atoms with van der Waals surface area (Å²) >= 11 is 0. The summed E-state index contributed by atoms with van der Waals surface area (Å²) < 4.78 is 6.91. The number of ether oxygens (including phenoxy) is 1. The van der Waals surface area contributed by atoms with Crippen LogP contribution >= 0.6 is 0 Å². The van der Waals surface area contributed by atoms with Crippen molar-refractivity contribution in [3.05, 3.63) is 11.6 Å². The number of unbranched alkanes of at least 4 members (excludes halogenated alkanes) is 4. The fraction of sp³-hybridized carbons (Fsp3) is 0.867. The first-order valence-corrected chi connectivity index (χ1v) is 14.1. The lowest BCUT2D eigenvalue weighted by molar-refractivity contribution is -0.152. The Hall–Kier alpha value is -0.960. The molecule has 8 unspecified atom stereocenters. The summed E-state index contributed by atoms with van der Waals surface area (Å²) in [5, 5.41) is 0. The highest BCUT2D eigenvalue weighted by atomic mass is 16.5. The van der Waals surface area contributed by atoms with E-state index in [1.165, 1.54) is 50.5 Å². The first kappa shape index (κ1) is 25.1. The van der Waals surface area contributed by atoms with Crippen molar-refractivity contribution in [2.75, 3.05) is 0 Å². The van der Waals surface area contributed by atoms with Gasteiger partial charge in [-0.15, -0.1) is 0 Å².